The average Bonchev–Trinajstić information content (AvgIpc) is 3.46. The van der Waals surface area contributed by atoms with Crippen LogP contribution in [0.5, 0.6) is 0 Å². The van der Waals surface area contributed by atoms with E-state index in [-0.39, 0.29) is 25.9 Å². The van der Waals surface area contributed by atoms with Gasteiger partial charge in [0.15, 0.2) is 24.6 Å². The Hall–Kier alpha value is -4.62. The zero-order valence-corrected chi connectivity index (χ0v) is 49.3. The molecule has 0 aromatic heterocycles. The number of aliphatic hydroxyl groups is 2. The molecule has 1 heterocycles. The molecule has 0 bridgehead atoms. The van der Waals surface area contributed by atoms with Gasteiger partial charge in [0.1, 0.15) is 18.8 Å². The Morgan fingerprint density at radius 1 is 0.443 bits per heavy atom. The van der Waals surface area contributed by atoms with Gasteiger partial charge in [-0.1, -0.05) is 226 Å². The third-order valence-electron chi connectivity index (χ3n) is 13.3. The first-order chi connectivity index (χ1) is 38.6. The fourth-order valence-corrected chi connectivity index (χ4v) is 8.69. The Balaban J connectivity index is 2.72. The topological polar surface area (TPSA) is 175 Å². The lowest BCUT2D eigenvalue weighted by atomic mass is 9.98. The van der Waals surface area contributed by atoms with E-state index in [2.05, 4.69) is 112 Å². The quantitative estimate of drug-likeness (QED) is 0.0228. The van der Waals surface area contributed by atoms with E-state index in [1.165, 1.54) is 70.6 Å². The molecule has 6 atom stereocenters. The van der Waals surface area contributed by atoms with Crippen LogP contribution in [0, 0.1) is 0 Å². The largest absolute Gasteiger partial charge is 0.479 e. The van der Waals surface area contributed by atoms with Crippen LogP contribution in [0.2, 0.25) is 0 Å². The molecule has 0 aliphatic carbocycles. The summed E-state index contributed by atoms with van der Waals surface area (Å²) in [6.07, 6.45) is 60.8. The molecule has 79 heavy (non-hydrogen) atoms. The molecule has 1 rings (SSSR count). The van der Waals surface area contributed by atoms with Crippen molar-refractivity contribution < 1.29 is 58.2 Å². The summed E-state index contributed by atoms with van der Waals surface area (Å²) in [5.41, 5.74) is 0. The van der Waals surface area contributed by atoms with Gasteiger partial charge in [-0.15, -0.1) is 0 Å². The highest BCUT2D eigenvalue weighted by molar-refractivity contribution is 5.74. The van der Waals surface area contributed by atoms with Crippen LogP contribution in [-0.2, 0) is 42.9 Å². The number of unbranched alkanes of at least 4 members (excludes halogenated alkanes) is 20. The third kappa shape index (κ3) is 43.8. The lowest BCUT2D eigenvalue weighted by Crippen LogP contribution is -2.61. The molecule has 0 aromatic carbocycles. The van der Waals surface area contributed by atoms with E-state index in [0.29, 0.717) is 19.3 Å². The molecule has 0 saturated carbocycles. The van der Waals surface area contributed by atoms with E-state index in [1.54, 1.807) is 6.08 Å². The van der Waals surface area contributed by atoms with E-state index in [0.717, 1.165) is 109 Å². The predicted molar refractivity (Wildman–Crippen MR) is 321 cm³/mol. The van der Waals surface area contributed by atoms with Gasteiger partial charge in [-0.05, 0) is 103 Å². The summed E-state index contributed by atoms with van der Waals surface area (Å²) in [5.74, 6) is -3.32. The second kappa shape index (κ2) is 54.0. The van der Waals surface area contributed by atoms with Crippen LogP contribution < -0.4 is 0 Å². The molecule has 0 aromatic rings. The van der Waals surface area contributed by atoms with Gasteiger partial charge in [-0.25, -0.2) is 4.79 Å². The molecule has 1 saturated heterocycles. The van der Waals surface area contributed by atoms with E-state index in [1.807, 2.05) is 12.2 Å². The molecular formula is C67H108O12. The van der Waals surface area contributed by atoms with Gasteiger partial charge < -0.3 is 39.0 Å². The maximum absolute atomic E-state index is 13.1. The van der Waals surface area contributed by atoms with Gasteiger partial charge >= 0.3 is 23.9 Å². The molecule has 1 aliphatic heterocycles. The number of hydrogen-bond acceptors (Lipinski definition) is 11. The maximum atomic E-state index is 13.1. The highest BCUT2D eigenvalue weighted by atomic mass is 16.7. The van der Waals surface area contributed by atoms with Crippen molar-refractivity contribution in [2.75, 3.05) is 13.2 Å². The maximum Gasteiger partial charge on any atom is 0.335 e. The molecule has 12 heteroatoms. The lowest BCUT2D eigenvalue weighted by Gasteiger charge is -2.40. The van der Waals surface area contributed by atoms with Crippen LogP contribution in [0.25, 0.3) is 0 Å². The molecule has 3 N–H and O–H groups in total. The van der Waals surface area contributed by atoms with Crippen LogP contribution in [0.15, 0.2) is 109 Å². The first kappa shape index (κ1) is 72.4. The van der Waals surface area contributed by atoms with Crippen LogP contribution in [0.1, 0.15) is 239 Å². The number of rotatable bonds is 51. The number of carbonyl (C=O) groups is 4. The Morgan fingerprint density at radius 3 is 1.29 bits per heavy atom. The van der Waals surface area contributed by atoms with E-state index in [9.17, 15) is 34.5 Å². The summed E-state index contributed by atoms with van der Waals surface area (Å²) >= 11 is 0. The Bertz CT molecular complexity index is 1790. The molecule has 1 aliphatic rings. The second-order valence-corrected chi connectivity index (χ2v) is 20.6. The van der Waals surface area contributed by atoms with Crippen LogP contribution in [-0.4, -0.2) is 89.2 Å². The minimum atomic E-state index is -1.92. The SMILES string of the molecule is CC/C=C\C/C=C\C/C=C\C/C=C\C/C=C\CC(=O)OCC(COC1OC(C(=O)O)C(O)C(O)C1OC(=O)CCCCCCCCCCC/C=C\CCCCCCCC)OC(=O)CCCCCCC/C=C\C/C=C\C/C=C\CC. The number of carbonyl (C=O) groups excluding carboxylic acids is 3. The Morgan fingerprint density at radius 2 is 0.835 bits per heavy atom. The van der Waals surface area contributed by atoms with Crippen molar-refractivity contribution in [3.63, 3.8) is 0 Å². The number of aliphatic carboxylic acids is 1. The van der Waals surface area contributed by atoms with E-state index in [4.69, 9.17) is 23.7 Å². The smallest absolute Gasteiger partial charge is 0.335 e. The summed E-state index contributed by atoms with van der Waals surface area (Å²) in [6.45, 7) is 5.66. The summed E-state index contributed by atoms with van der Waals surface area (Å²) < 4.78 is 28.3. The zero-order valence-electron chi connectivity index (χ0n) is 49.3. The molecule has 6 unspecified atom stereocenters. The van der Waals surface area contributed by atoms with Crippen molar-refractivity contribution in [1.82, 2.24) is 0 Å². The average molecular weight is 1110 g/mol. The third-order valence-corrected chi connectivity index (χ3v) is 13.3. The number of ether oxygens (including phenoxy) is 5. The summed E-state index contributed by atoms with van der Waals surface area (Å²) in [4.78, 5) is 51.2. The normalized spacial score (nSPS) is 18.6. The van der Waals surface area contributed by atoms with Crippen LogP contribution in [0.3, 0.4) is 0 Å². The van der Waals surface area contributed by atoms with E-state index >= 15 is 0 Å². The highest BCUT2D eigenvalue weighted by Gasteiger charge is 2.50. The number of hydrogen-bond donors (Lipinski definition) is 3. The van der Waals surface area contributed by atoms with Crippen molar-refractivity contribution in [3.8, 4) is 0 Å². The first-order valence-electron chi connectivity index (χ1n) is 30.9. The fraction of sp³-hybridized carbons (Fsp3) is 0.672. The molecular weight excluding hydrogens is 997 g/mol. The van der Waals surface area contributed by atoms with E-state index < -0.39 is 67.3 Å². The standard InChI is InChI=1S/C67H108O12/c1-4-7-10-13-16-19-22-25-28-29-30-31-34-37-40-43-46-49-52-55-61(70)78-65-63(72)62(71)64(66(73)74)79-67(65)76-57-58(77-60(69)54-51-48-45-42-39-36-33-27-24-21-18-15-12-9-6-3)56-75-59(68)53-50-47-44-41-38-35-32-26-23-20-17-14-11-8-5-2/h8-9,11-12,17-18,20-21,25-28,32-33,38,41,47,50,58,62-65,67,71-72H,4-7,10,13-16,19,22-24,29-31,34-37,39-40,42-46,48-49,51-57H2,1-3H3,(H,73,74)/b11-8-,12-9-,20-17-,21-18-,28-25-,32-26-,33-27-,41-38-,50-47-. The van der Waals surface area contributed by atoms with Crippen molar-refractivity contribution in [2.24, 2.45) is 0 Å². The Labute approximate surface area is 478 Å². The number of carboxylic acids is 1. The van der Waals surface area contributed by atoms with Gasteiger partial charge in [-0.3, -0.25) is 14.4 Å². The highest BCUT2D eigenvalue weighted by Crippen LogP contribution is 2.26. The van der Waals surface area contributed by atoms with Crippen molar-refractivity contribution in [3.05, 3.63) is 109 Å². The fourth-order valence-electron chi connectivity index (χ4n) is 8.69. The molecule has 448 valence electrons. The molecule has 12 nitrogen and oxygen atoms in total. The van der Waals surface area contributed by atoms with Crippen molar-refractivity contribution >= 4 is 23.9 Å². The number of esters is 3. The minimum absolute atomic E-state index is 0.0232. The second-order valence-electron chi connectivity index (χ2n) is 20.6. The Kier molecular flexibility index (Phi) is 49.5. The molecule has 1 fully saturated rings. The first-order valence-corrected chi connectivity index (χ1v) is 30.9. The zero-order chi connectivity index (χ0) is 57.5. The van der Waals surface area contributed by atoms with Crippen LogP contribution in [0.4, 0.5) is 0 Å². The monoisotopic (exact) mass is 1100 g/mol. The van der Waals surface area contributed by atoms with Crippen LogP contribution >= 0.6 is 0 Å². The van der Waals surface area contributed by atoms with Gasteiger partial charge in [-0.2, -0.15) is 0 Å². The minimum Gasteiger partial charge on any atom is -0.479 e. The summed E-state index contributed by atoms with van der Waals surface area (Å²) in [5, 5.41) is 31.5. The van der Waals surface area contributed by atoms with Gasteiger partial charge in [0, 0.05) is 12.8 Å². The number of allylic oxidation sites excluding steroid dienone is 17. The van der Waals surface area contributed by atoms with Gasteiger partial charge in [0.2, 0.25) is 0 Å². The predicted octanol–water partition coefficient (Wildman–Crippen LogP) is 16.2. The molecule has 0 radical (unpaired) electrons. The van der Waals surface area contributed by atoms with Crippen molar-refractivity contribution in [2.45, 2.75) is 276 Å². The number of carboxylic acid groups (broad SMARTS) is 1. The lowest BCUT2D eigenvalue weighted by molar-refractivity contribution is -0.301. The molecule has 0 spiro atoms. The summed E-state index contributed by atoms with van der Waals surface area (Å²) in [6, 6.07) is 0. The summed E-state index contributed by atoms with van der Waals surface area (Å²) in [7, 11) is 0. The molecule has 0 amide bonds. The van der Waals surface area contributed by atoms with Crippen molar-refractivity contribution in [1.29, 1.82) is 0 Å². The van der Waals surface area contributed by atoms with Gasteiger partial charge in [0.25, 0.3) is 0 Å². The van der Waals surface area contributed by atoms with Gasteiger partial charge in [0.05, 0.1) is 13.0 Å². The number of aliphatic hydroxyl groups excluding tert-OH is 2.